The van der Waals surface area contributed by atoms with Crippen molar-refractivity contribution < 1.29 is 0 Å². The van der Waals surface area contributed by atoms with Crippen LogP contribution >= 0.6 is 0 Å². The zero-order chi connectivity index (χ0) is 11.5. The number of aromatic nitrogens is 2. The lowest BCUT2D eigenvalue weighted by molar-refractivity contribution is 1.20. The summed E-state index contributed by atoms with van der Waals surface area (Å²) in [5.41, 5.74) is 13.7. The molecule has 16 heavy (non-hydrogen) atoms. The molecule has 0 bridgehead atoms. The molecule has 0 fully saturated rings. The highest BCUT2D eigenvalue weighted by molar-refractivity contribution is 5.73. The quantitative estimate of drug-likeness (QED) is 0.695. The van der Waals surface area contributed by atoms with E-state index >= 15 is 0 Å². The molecule has 0 saturated heterocycles. The lowest BCUT2D eigenvalue weighted by Crippen LogP contribution is -2.00. The highest BCUT2D eigenvalue weighted by Crippen LogP contribution is 2.23. The molecule has 1 aromatic heterocycles. The van der Waals surface area contributed by atoms with Gasteiger partial charge in [-0.05, 0) is 17.7 Å². The van der Waals surface area contributed by atoms with Gasteiger partial charge in [0.05, 0.1) is 0 Å². The Morgan fingerprint density at radius 2 is 1.81 bits per heavy atom. The van der Waals surface area contributed by atoms with E-state index in [1.54, 1.807) is 6.20 Å². The molecule has 0 aliphatic heterocycles. The molecule has 4 heteroatoms. The van der Waals surface area contributed by atoms with Gasteiger partial charge in [0.25, 0.3) is 0 Å². The molecule has 0 unspecified atom stereocenters. The van der Waals surface area contributed by atoms with Gasteiger partial charge in [-0.1, -0.05) is 18.1 Å². The van der Waals surface area contributed by atoms with E-state index in [2.05, 4.69) is 15.9 Å². The third kappa shape index (κ3) is 1.79. The van der Waals surface area contributed by atoms with Gasteiger partial charge >= 0.3 is 0 Å². The first-order chi connectivity index (χ1) is 7.70. The van der Waals surface area contributed by atoms with Crippen LogP contribution in [0.25, 0.3) is 11.1 Å². The summed E-state index contributed by atoms with van der Waals surface area (Å²) in [4.78, 5) is 7.80. The molecule has 78 valence electrons. The van der Waals surface area contributed by atoms with Crippen LogP contribution in [0.3, 0.4) is 0 Å². The van der Waals surface area contributed by atoms with Gasteiger partial charge in [0, 0.05) is 17.3 Å². The van der Waals surface area contributed by atoms with Gasteiger partial charge < -0.3 is 11.5 Å². The minimum atomic E-state index is 0.168. The summed E-state index contributed by atoms with van der Waals surface area (Å²) >= 11 is 0. The lowest BCUT2D eigenvalue weighted by atomic mass is 10.1. The summed E-state index contributed by atoms with van der Waals surface area (Å²) in [5, 5.41) is 0. The first-order valence-corrected chi connectivity index (χ1v) is 4.66. The number of hydrogen-bond donors (Lipinski definition) is 2. The van der Waals surface area contributed by atoms with Gasteiger partial charge in [0.15, 0.2) is 0 Å². The average molecular weight is 210 g/mol. The third-order valence-electron chi connectivity index (χ3n) is 2.20. The van der Waals surface area contributed by atoms with Crippen molar-refractivity contribution in [1.29, 1.82) is 0 Å². The van der Waals surface area contributed by atoms with Crippen molar-refractivity contribution in [3.8, 4) is 23.5 Å². The second-order valence-electron chi connectivity index (χ2n) is 3.25. The topological polar surface area (TPSA) is 77.8 Å². The first-order valence-electron chi connectivity index (χ1n) is 4.66. The van der Waals surface area contributed by atoms with E-state index in [0.717, 1.165) is 16.7 Å². The number of nitrogens with two attached hydrogens (primary N) is 2. The predicted molar refractivity (Wildman–Crippen MR) is 64.2 cm³/mol. The van der Waals surface area contributed by atoms with E-state index in [1.165, 1.54) is 0 Å². The number of nitrogen functional groups attached to an aromatic ring is 2. The van der Waals surface area contributed by atoms with Gasteiger partial charge in [0.2, 0.25) is 5.95 Å². The van der Waals surface area contributed by atoms with Crippen molar-refractivity contribution in [2.45, 2.75) is 0 Å². The number of anilines is 2. The molecular formula is C12H10N4. The Balaban J connectivity index is 2.47. The standard InChI is InChI=1S/C12H10N4/c1-2-8-3-5-9(6-4-8)10-7-15-12(14)16-11(10)13/h1,3-7H,(H4,13,14,15,16). The van der Waals surface area contributed by atoms with Crippen LogP contribution in [0.1, 0.15) is 5.56 Å². The minimum Gasteiger partial charge on any atom is -0.383 e. The number of terminal acetylenes is 1. The van der Waals surface area contributed by atoms with E-state index in [1.807, 2.05) is 24.3 Å². The second kappa shape index (κ2) is 3.91. The van der Waals surface area contributed by atoms with Crippen LogP contribution in [-0.2, 0) is 0 Å². The molecule has 0 amide bonds. The number of nitrogens with zero attached hydrogens (tertiary/aromatic N) is 2. The molecule has 0 atom stereocenters. The van der Waals surface area contributed by atoms with Crippen molar-refractivity contribution in [2.24, 2.45) is 0 Å². The van der Waals surface area contributed by atoms with E-state index in [-0.39, 0.29) is 5.95 Å². The average Bonchev–Trinajstić information content (AvgIpc) is 2.29. The fourth-order valence-electron chi connectivity index (χ4n) is 1.38. The Morgan fingerprint density at radius 1 is 1.12 bits per heavy atom. The lowest BCUT2D eigenvalue weighted by Gasteiger charge is -2.04. The van der Waals surface area contributed by atoms with Crippen molar-refractivity contribution in [1.82, 2.24) is 9.97 Å². The molecule has 0 spiro atoms. The third-order valence-corrected chi connectivity index (χ3v) is 2.20. The zero-order valence-corrected chi connectivity index (χ0v) is 8.51. The monoisotopic (exact) mass is 210 g/mol. The predicted octanol–water partition coefficient (Wildman–Crippen LogP) is 1.29. The first kappa shape index (κ1) is 9.99. The number of benzene rings is 1. The van der Waals surface area contributed by atoms with Crippen LogP contribution in [-0.4, -0.2) is 9.97 Å². The Morgan fingerprint density at radius 3 is 2.38 bits per heavy atom. The van der Waals surface area contributed by atoms with E-state index in [0.29, 0.717) is 5.82 Å². The molecule has 2 rings (SSSR count). The second-order valence-corrected chi connectivity index (χ2v) is 3.25. The van der Waals surface area contributed by atoms with Crippen LogP contribution in [0.4, 0.5) is 11.8 Å². The smallest absolute Gasteiger partial charge is 0.221 e. The largest absolute Gasteiger partial charge is 0.383 e. The number of hydrogen-bond acceptors (Lipinski definition) is 4. The van der Waals surface area contributed by atoms with E-state index < -0.39 is 0 Å². The normalized spacial score (nSPS) is 9.69. The minimum absolute atomic E-state index is 0.168. The Kier molecular flexibility index (Phi) is 2.44. The molecule has 4 N–H and O–H groups in total. The highest BCUT2D eigenvalue weighted by Gasteiger charge is 2.04. The molecule has 4 nitrogen and oxygen atoms in total. The van der Waals surface area contributed by atoms with Crippen LogP contribution in [0, 0.1) is 12.3 Å². The van der Waals surface area contributed by atoms with Gasteiger partial charge in [0.1, 0.15) is 5.82 Å². The molecule has 0 aliphatic rings. The van der Waals surface area contributed by atoms with Gasteiger partial charge in [-0.25, -0.2) is 4.98 Å². The molecule has 1 heterocycles. The maximum Gasteiger partial charge on any atom is 0.221 e. The molecular weight excluding hydrogens is 200 g/mol. The number of rotatable bonds is 1. The van der Waals surface area contributed by atoms with Crippen molar-refractivity contribution in [3.05, 3.63) is 36.0 Å². The Labute approximate surface area is 93.3 Å². The summed E-state index contributed by atoms with van der Waals surface area (Å²) in [5.74, 6) is 3.08. The van der Waals surface area contributed by atoms with Crippen LogP contribution in [0.2, 0.25) is 0 Å². The summed E-state index contributed by atoms with van der Waals surface area (Å²) in [7, 11) is 0. The molecule has 0 saturated carbocycles. The van der Waals surface area contributed by atoms with Gasteiger partial charge in [-0.15, -0.1) is 6.42 Å². The Hall–Kier alpha value is -2.54. The van der Waals surface area contributed by atoms with Crippen LogP contribution < -0.4 is 11.5 Å². The summed E-state index contributed by atoms with van der Waals surface area (Å²) in [6, 6.07) is 7.43. The van der Waals surface area contributed by atoms with Crippen LogP contribution in [0.5, 0.6) is 0 Å². The summed E-state index contributed by atoms with van der Waals surface area (Å²) < 4.78 is 0. The van der Waals surface area contributed by atoms with Gasteiger partial charge in [-0.2, -0.15) is 4.98 Å². The summed E-state index contributed by atoms with van der Waals surface area (Å²) in [6.07, 6.45) is 6.87. The van der Waals surface area contributed by atoms with Crippen LogP contribution in [0.15, 0.2) is 30.5 Å². The van der Waals surface area contributed by atoms with Crippen molar-refractivity contribution >= 4 is 11.8 Å². The maximum absolute atomic E-state index is 5.75. The molecule has 1 aromatic carbocycles. The molecule has 0 radical (unpaired) electrons. The fourth-order valence-corrected chi connectivity index (χ4v) is 1.38. The summed E-state index contributed by atoms with van der Waals surface area (Å²) in [6.45, 7) is 0. The van der Waals surface area contributed by atoms with Crippen molar-refractivity contribution in [2.75, 3.05) is 11.5 Å². The Bertz CT molecular complexity index is 552. The van der Waals surface area contributed by atoms with E-state index in [9.17, 15) is 0 Å². The zero-order valence-electron chi connectivity index (χ0n) is 8.51. The maximum atomic E-state index is 5.75. The highest BCUT2D eigenvalue weighted by atomic mass is 15.0. The van der Waals surface area contributed by atoms with E-state index in [4.69, 9.17) is 17.9 Å². The molecule has 0 aliphatic carbocycles. The fraction of sp³-hybridized carbons (Fsp3) is 0. The molecule has 2 aromatic rings. The SMILES string of the molecule is C#Cc1ccc(-c2cnc(N)nc2N)cc1. The van der Waals surface area contributed by atoms with Crippen molar-refractivity contribution in [3.63, 3.8) is 0 Å². The van der Waals surface area contributed by atoms with Gasteiger partial charge in [-0.3, -0.25) is 0 Å².